The quantitative estimate of drug-likeness (QED) is 0.246. The number of furan rings is 1. The standard InChI is InChI=1S/C20H17F3N4O6S/c1-19(18(29)30,27-34(31,32)20(21,22)23)12-3-5-13(6-4-12)26-17(28)15-9-11-8-10(16(24)25)2-7-14(11)33-15/h2-9,27H,1H3,(H3,24,25)(H,26,28)(H,29,30). The van der Waals surface area contributed by atoms with E-state index in [0.717, 1.165) is 23.8 Å². The molecule has 0 radical (unpaired) electrons. The van der Waals surface area contributed by atoms with E-state index in [0.29, 0.717) is 16.5 Å². The van der Waals surface area contributed by atoms with E-state index >= 15 is 0 Å². The van der Waals surface area contributed by atoms with Crippen LogP contribution in [0.4, 0.5) is 18.9 Å². The van der Waals surface area contributed by atoms with Gasteiger partial charge in [0.1, 0.15) is 11.4 Å². The summed E-state index contributed by atoms with van der Waals surface area (Å²) < 4.78 is 67.7. The van der Waals surface area contributed by atoms with E-state index in [1.165, 1.54) is 24.3 Å². The zero-order chi connectivity index (χ0) is 25.5. The highest BCUT2D eigenvalue weighted by molar-refractivity contribution is 7.90. The van der Waals surface area contributed by atoms with Gasteiger partial charge in [-0.2, -0.15) is 17.9 Å². The molecule has 0 saturated heterocycles. The van der Waals surface area contributed by atoms with E-state index in [2.05, 4.69) is 5.32 Å². The number of hydrogen-bond donors (Lipinski definition) is 5. The summed E-state index contributed by atoms with van der Waals surface area (Å²) in [5.41, 5.74) is -2.31. The number of rotatable bonds is 7. The summed E-state index contributed by atoms with van der Waals surface area (Å²) in [7, 11) is -5.97. The molecule has 6 N–H and O–H groups in total. The number of carboxylic acids is 1. The highest BCUT2D eigenvalue weighted by atomic mass is 32.2. The monoisotopic (exact) mass is 498 g/mol. The lowest BCUT2D eigenvalue weighted by Crippen LogP contribution is -2.53. The van der Waals surface area contributed by atoms with Crippen LogP contribution < -0.4 is 15.8 Å². The molecule has 14 heteroatoms. The maximum Gasteiger partial charge on any atom is 0.511 e. The fraction of sp³-hybridized carbons (Fsp3) is 0.150. The molecular weight excluding hydrogens is 481 g/mol. The number of aliphatic carboxylic acids is 1. The second-order valence-corrected chi connectivity index (χ2v) is 8.96. The van der Waals surface area contributed by atoms with Gasteiger partial charge in [-0.05, 0) is 48.9 Å². The molecule has 0 bridgehead atoms. The van der Waals surface area contributed by atoms with Gasteiger partial charge in [-0.25, -0.2) is 13.2 Å². The topological polar surface area (TPSA) is 176 Å². The van der Waals surface area contributed by atoms with Gasteiger partial charge in [0.2, 0.25) is 0 Å². The van der Waals surface area contributed by atoms with Gasteiger partial charge in [0.15, 0.2) is 11.3 Å². The van der Waals surface area contributed by atoms with Gasteiger partial charge in [-0.15, -0.1) is 0 Å². The minimum atomic E-state index is -5.97. The predicted molar refractivity (Wildman–Crippen MR) is 115 cm³/mol. The Balaban J connectivity index is 1.83. The molecule has 0 aliphatic carbocycles. The first kappa shape index (κ1) is 24.7. The van der Waals surface area contributed by atoms with Crippen LogP contribution in [0.1, 0.15) is 28.6 Å². The molecule has 0 spiro atoms. The second-order valence-electron chi connectivity index (χ2n) is 7.29. The van der Waals surface area contributed by atoms with Crippen LogP contribution in [0, 0.1) is 5.41 Å². The molecule has 2 aromatic carbocycles. The molecule has 0 aliphatic rings. The van der Waals surface area contributed by atoms with Crippen LogP contribution in [-0.2, 0) is 20.4 Å². The molecular formula is C20H17F3N4O6S. The fourth-order valence-corrected chi connectivity index (χ4v) is 3.81. The van der Waals surface area contributed by atoms with Crippen LogP contribution >= 0.6 is 0 Å². The van der Waals surface area contributed by atoms with Gasteiger partial charge in [0.25, 0.3) is 5.91 Å². The highest BCUT2D eigenvalue weighted by Crippen LogP contribution is 2.30. The van der Waals surface area contributed by atoms with E-state index in [1.807, 2.05) is 0 Å². The smallest absolute Gasteiger partial charge is 0.480 e. The largest absolute Gasteiger partial charge is 0.511 e. The average Bonchev–Trinajstić information content (AvgIpc) is 3.16. The first-order valence-electron chi connectivity index (χ1n) is 9.27. The molecule has 3 aromatic rings. The molecule has 1 atom stereocenters. The number of alkyl halides is 3. The Morgan fingerprint density at radius 3 is 2.24 bits per heavy atom. The number of anilines is 1. The van der Waals surface area contributed by atoms with Crippen molar-refractivity contribution in [3.8, 4) is 0 Å². The first-order valence-corrected chi connectivity index (χ1v) is 10.8. The number of carboxylic acid groups (broad SMARTS) is 1. The number of nitrogen functional groups attached to an aromatic ring is 1. The molecule has 0 aliphatic heterocycles. The van der Waals surface area contributed by atoms with Crippen molar-refractivity contribution in [3.63, 3.8) is 0 Å². The Kier molecular flexibility index (Phi) is 6.15. The number of carbonyl (C=O) groups is 2. The third kappa shape index (κ3) is 4.72. The number of benzene rings is 2. The summed E-state index contributed by atoms with van der Waals surface area (Å²) >= 11 is 0. The number of amidine groups is 1. The van der Waals surface area contributed by atoms with Gasteiger partial charge in [0.05, 0.1) is 0 Å². The lowest BCUT2D eigenvalue weighted by Gasteiger charge is -2.27. The average molecular weight is 498 g/mol. The molecule has 1 amide bonds. The van der Waals surface area contributed by atoms with Gasteiger partial charge < -0.3 is 20.6 Å². The number of fused-ring (bicyclic) bond motifs is 1. The van der Waals surface area contributed by atoms with Crippen LogP contribution in [0.3, 0.4) is 0 Å². The number of sulfonamides is 1. The van der Waals surface area contributed by atoms with Gasteiger partial charge in [0, 0.05) is 16.6 Å². The molecule has 3 rings (SSSR count). The van der Waals surface area contributed by atoms with E-state index in [4.69, 9.17) is 15.6 Å². The van der Waals surface area contributed by atoms with Crippen LogP contribution in [0.2, 0.25) is 0 Å². The molecule has 34 heavy (non-hydrogen) atoms. The predicted octanol–water partition coefficient (Wildman–Crippen LogP) is 2.71. The molecule has 1 aromatic heterocycles. The molecule has 180 valence electrons. The van der Waals surface area contributed by atoms with Crippen molar-refractivity contribution in [2.45, 2.75) is 18.0 Å². The lowest BCUT2D eigenvalue weighted by atomic mass is 9.93. The number of nitrogens with one attached hydrogen (secondary N) is 3. The van der Waals surface area contributed by atoms with Crippen LogP contribution in [0.5, 0.6) is 0 Å². The Labute approximate surface area is 190 Å². The number of nitrogens with two attached hydrogens (primary N) is 1. The summed E-state index contributed by atoms with van der Waals surface area (Å²) in [4.78, 5) is 24.1. The Morgan fingerprint density at radius 1 is 1.09 bits per heavy atom. The number of amides is 1. The van der Waals surface area contributed by atoms with Crippen LogP contribution in [0.15, 0.2) is 52.9 Å². The molecule has 0 saturated carbocycles. The number of carbonyl (C=O) groups excluding carboxylic acids is 1. The van der Waals surface area contributed by atoms with Crippen molar-refractivity contribution >= 4 is 44.4 Å². The molecule has 1 heterocycles. The van der Waals surface area contributed by atoms with Crippen molar-refractivity contribution in [3.05, 3.63) is 65.4 Å². The van der Waals surface area contributed by atoms with E-state index in [1.54, 1.807) is 12.1 Å². The molecule has 1 unspecified atom stereocenters. The number of halogens is 3. The van der Waals surface area contributed by atoms with Gasteiger partial charge in [-0.1, -0.05) is 12.1 Å². The highest BCUT2D eigenvalue weighted by Gasteiger charge is 2.51. The Bertz CT molecular complexity index is 1400. The van der Waals surface area contributed by atoms with Crippen molar-refractivity contribution in [1.82, 2.24) is 4.72 Å². The molecule has 0 fully saturated rings. The van der Waals surface area contributed by atoms with E-state index in [-0.39, 0.29) is 22.8 Å². The van der Waals surface area contributed by atoms with Crippen molar-refractivity contribution in [2.75, 3.05) is 5.32 Å². The van der Waals surface area contributed by atoms with Gasteiger partial charge >= 0.3 is 21.5 Å². The Morgan fingerprint density at radius 2 is 1.71 bits per heavy atom. The van der Waals surface area contributed by atoms with Crippen LogP contribution in [0.25, 0.3) is 11.0 Å². The maximum absolute atomic E-state index is 12.7. The normalized spacial score (nSPS) is 13.9. The molecule has 10 nitrogen and oxygen atoms in total. The summed E-state index contributed by atoms with van der Waals surface area (Å²) in [5.74, 6) is -2.82. The minimum absolute atomic E-state index is 0.0897. The van der Waals surface area contributed by atoms with E-state index in [9.17, 15) is 36.3 Å². The van der Waals surface area contributed by atoms with Crippen molar-refractivity contribution in [2.24, 2.45) is 5.73 Å². The fourth-order valence-electron chi connectivity index (χ4n) is 2.96. The second kappa shape index (κ2) is 8.46. The van der Waals surface area contributed by atoms with Gasteiger partial charge in [-0.3, -0.25) is 10.2 Å². The third-order valence-electron chi connectivity index (χ3n) is 4.84. The Hall–Kier alpha value is -3.91. The zero-order valence-corrected chi connectivity index (χ0v) is 18.0. The maximum atomic E-state index is 12.7. The van der Waals surface area contributed by atoms with E-state index < -0.39 is 32.9 Å². The minimum Gasteiger partial charge on any atom is -0.480 e. The SMILES string of the molecule is CC(NS(=O)(=O)C(F)(F)F)(C(=O)O)c1ccc(NC(=O)c2cc3cc(C(=N)N)ccc3o2)cc1. The first-order chi connectivity index (χ1) is 15.6. The summed E-state index contributed by atoms with van der Waals surface area (Å²) in [6.45, 7) is 0.760. The van der Waals surface area contributed by atoms with Crippen molar-refractivity contribution < 1.29 is 40.7 Å². The number of hydrogen-bond acceptors (Lipinski definition) is 6. The third-order valence-corrected chi connectivity index (χ3v) is 6.13. The summed E-state index contributed by atoms with van der Waals surface area (Å²) in [5, 5.41) is 19.8. The van der Waals surface area contributed by atoms with Crippen LogP contribution in [-0.4, -0.2) is 36.7 Å². The lowest BCUT2D eigenvalue weighted by molar-refractivity contribution is -0.143. The van der Waals surface area contributed by atoms with Crippen molar-refractivity contribution in [1.29, 1.82) is 5.41 Å². The summed E-state index contributed by atoms with van der Waals surface area (Å²) in [6, 6.07) is 10.5. The zero-order valence-electron chi connectivity index (χ0n) is 17.2. The summed E-state index contributed by atoms with van der Waals surface area (Å²) in [6.07, 6.45) is 0.